The van der Waals surface area contributed by atoms with E-state index in [1.807, 2.05) is 10.9 Å². The van der Waals surface area contributed by atoms with E-state index in [0.717, 1.165) is 31.5 Å². The fourth-order valence-electron chi connectivity index (χ4n) is 3.06. The van der Waals surface area contributed by atoms with E-state index in [9.17, 15) is 0 Å². The van der Waals surface area contributed by atoms with Crippen LogP contribution >= 0.6 is 0 Å². The molecule has 1 aliphatic carbocycles. The Bertz CT molecular complexity index is 345. The molecule has 1 aromatic rings. The Labute approximate surface area is 117 Å². The lowest BCUT2D eigenvalue weighted by Gasteiger charge is -2.37. The zero-order valence-electron chi connectivity index (χ0n) is 12.6. The Kier molecular flexibility index (Phi) is 4.97. The second-order valence-corrected chi connectivity index (χ2v) is 6.89. The Morgan fingerprint density at radius 2 is 1.95 bits per heavy atom. The molecule has 4 nitrogen and oxygen atoms in total. The third-order valence-corrected chi connectivity index (χ3v) is 4.42. The second kappa shape index (κ2) is 6.51. The van der Waals surface area contributed by atoms with Crippen LogP contribution in [0.4, 0.5) is 0 Å². The van der Waals surface area contributed by atoms with Crippen molar-refractivity contribution in [3.05, 3.63) is 12.4 Å². The van der Waals surface area contributed by atoms with Gasteiger partial charge >= 0.3 is 0 Å². The first-order chi connectivity index (χ1) is 9.05. The molecule has 4 heteroatoms. The van der Waals surface area contributed by atoms with Gasteiger partial charge in [0.25, 0.3) is 0 Å². The van der Waals surface area contributed by atoms with Crippen LogP contribution in [0.25, 0.3) is 0 Å². The first-order valence-corrected chi connectivity index (χ1v) is 7.63. The number of hydrogen-bond donors (Lipinski definition) is 1. The Balaban J connectivity index is 1.58. The summed E-state index contributed by atoms with van der Waals surface area (Å²) in [6.07, 6.45) is 10.2. The predicted molar refractivity (Wildman–Crippen MR) is 77.8 cm³/mol. The summed E-state index contributed by atoms with van der Waals surface area (Å²) in [4.78, 5) is 0. The zero-order valence-corrected chi connectivity index (χ0v) is 12.6. The summed E-state index contributed by atoms with van der Waals surface area (Å²) in [6.45, 7) is 9.19. The summed E-state index contributed by atoms with van der Waals surface area (Å²) in [6, 6.07) is 0.731. The monoisotopic (exact) mass is 264 g/mol. The smallest absolute Gasteiger partial charge is 0.0692 e. The molecule has 108 valence electrons. The molecule has 0 aromatic carbocycles. The highest BCUT2D eigenvalue weighted by Crippen LogP contribution is 2.37. The largest absolute Gasteiger partial charge is 0.314 e. The van der Waals surface area contributed by atoms with Crippen molar-refractivity contribution in [3.63, 3.8) is 0 Å². The quantitative estimate of drug-likeness (QED) is 0.832. The molecule has 0 bridgehead atoms. The van der Waals surface area contributed by atoms with Gasteiger partial charge in [0.2, 0.25) is 0 Å². The van der Waals surface area contributed by atoms with Crippen LogP contribution < -0.4 is 5.32 Å². The van der Waals surface area contributed by atoms with Crippen molar-refractivity contribution in [2.45, 2.75) is 65.5 Å². The minimum atomic E-state index is 0.484. The molecule has 19 heavy (non-hydrogen) atoms. The Morgan fingerprint density at radius 3 is 2.53 bits per heavy atom. The fraction of sp³-hybridized carbons (Fsp3) is 0.867. The van der Waals surface area contributed by atoms with Gasteiger partial charge < -0.3 is 5.32 Å². The maximum Gasteiger partial charge on any atom is 0.0692 e. The molecule has 1 aromatic heterocycles. The van der Waals surface area contributed by atoms with Gasteiger partial charge in [-0.15, -0.1) is 5.10 Å². The molecule has 1 heterocycles. The molecule has 0 radical (unpaired) electrons. The molecule has 1 aliphatic rings. The van der Waals surface area contributed by atoms with E-state index in [0.29, 0.717) is 5.41 Å². The first-order valence-electron chi connectivity index (χ1n) is 7.63. The van der Waals surface area contributed by atoms with Crippen molar-refractivity contribution in [2.75, 3.05) is 6.54 Å². The van der Waals surface area contributed by atoms with Crippen LogP contribution in [0.2, 0.25) is 0 Å². The van der Waals surface area contributed by atoms with Crippen LogP contribution in [0.5, 0.6) is 0 Å². The van der Waals surface area contributed by atoms with Crippen molar-refractivity contribution < 1.29 is 0 Å². The summed E-state index contributed by atoms with van der Waals surface area (Å²) in [5.41, 5.74) is 0.484. The first kappa shape index (κ1) is 14.5. The number of rotatable bonds is 5. The standard InChI is InChI=1S/C15H28N4/c1-15(2,3)13-5-7-14(8-6-13)16-9-4-11-19-12-10-17-18-19/h10,12-14,16H,4-9,11H2,1-3H3. The fourth-order valence-corrected chi connectivity index (χ4v) is 3.06. The third kappa shape index (κ3) is 4.60. The van der Waals surface area contributed by atoms with Crippen molar-refractivity contribution in [2.24, 2.45) is 11.3 Å². The molecule has 0 unspecified atom stereocenters. The van der Waals surface area contributed by atoms with Gasteiger partial charge in [0.1, 0.15) is 0 Å². The normalized spacial score (nSPS) is 24.6. The van der Waals surface area contributed by atoms with E-state index < -0.39 is 0 Å². The minimum absolute atomic E-state index is 0.484. The average Bonchev–Trinajstić information content (AvgIpc) is 2.87. The molecular weight excluding hydrogens is 236 g/mol. The highest BCUT2D eigenvalue weighted by atomic mass is 15.4. The lowest BCUT2D eigenvalue weighted by molar-refractivity contribution is 0.160. The number of nitrogens with zero attached hydrogens (tertiary/aromatic N) is 3. The van der Waals surface area contributed by atoms with Gasteiger partial charge in [-0.1, -0.05) is 26.0 Å². The molecule has 0 aliphatic heterocycles. The highest BCUT2D eigenvalue weighted by molar-refractivity contribution is 4.83. The molecule has 1 fully saturated rings. The van der Waals surface area contributed by atoms with Crippen molar-refractivity contribution in [1.82, 2.24) is 20.3 Å². The van der Waals surface area contributed by atoms with Crippen LogP contribution in [0.15, 0.2) is 12.4 Å². The number of aromatic nitrogens is 3. The molecule has 0 amide bonds. The van der Waals surface area contributed by atoms with Gasteiger partial charge in [-0.05, 0) is 50.0 Å². The maximum absolute atomic E-state index is 3.98. The van der Waals surface area contributed by atoms with Gasteiger partial charge in [-0.25, -0.2) is 0 Å². The van der Waals surface area contributed by atoms with Gasteiger partial charge in [-0.2, -0.15) is 0 Å². The van der Waals surface area contributed by atoms with E-state index >= 15 is 0 Å². The zero-order chi connectivity index (χ0) is 13.7. The van der Waals surface area contributed by atoms with E-state index in [1.54, 1.807) is 6.20 Å². The lowest BCUT2D eigenvalue weighted by atomic mass is 9.71. The van der Waals surface area contributed by atoms with Gasteiger partial charge in [0.05, 0.1) is 6.20 Å². The molecule has 0 spiro atoms. The summed E-state index contributed by atoms with van der Waals surface area (Å²) in [7, 11) is 0. The molecule has 1 N–H and O–H groups in total. The number of hydrogen-bond acceptors (Lipinski definition) is 3. The van der Waals surface area contributed by atoms with Crippen molar-refractivity contribution in [1.29, 1.82) is 0 Å². The highest BCUT2D eigenvalue weighted by Gasteiger charge is 2.29. The summed E-state index contributed by atoms with van der Waals surface area (Å²) < 4.78 is 1.90. The van der Waals surface area contributed by atoms with E-state index in [4.69, 9.17) is 0 Å². The van der Waals surface area contributed by atoms with Gasteiger partial charge in [-0.3, -0.25) is 4.68 Å². The van der Waals surface area contributed by atoms with Gasteiger partial charge in [0, 0.05) is 18.8 Å². The Hall–Kier alpha value is -0.900. The summed E-state index contributed by atoms with van der Waals surface area (Å²) in [5.74, 6) is 0.903. The van der Waals surface area contributed by atoms with Crippen LogP contribution in [0.1, 0.15) is 52.9 Å². The maximum atomic E-state index is 3.98. The lowest BCUT2D eigenvalue weighted by Crippen LogP contribution is -2.36. The SMILES string of the molecule is CC(C)(C)C1CCC(NCCCn2ccnn2)CC1. The average molecular weight is 264 g/mol. The van der Waals surface area contributed by atoms with Crippen LogP contribution in [0, 0.1) is 11.3 Å². The third-order valence-electron chi connectivity index (χ3n) is 4.42. The molecule has 0 atom stereocenters. The van der Waals surface area contributed by atoms with E-state index in [2.05, 4.69) is 36.4 Å². The summed E-state index contributed by atoms with van der Waals surface area (Å²) in [5, 5.41) is 11.5. The van der Waals surface area contributed by atoms with Crippen molar-refractivity contribution in [3.8, 4) is 0 Å². The number of aryl methyl sites for hydroxylation is 1. The van der Waals surface area contributed by atoms with E-state index in [1.165, 1.54) is 25.7 Å². The molecule has 2 rings (SSSR count). The van der Waals surface area contributed by atoms with E-state index in [-0.39, 0.29) is 0 Å². The molecule has 1 saturated carbocycles. The van der Waals surface area contributed by atoms with Crippen molar-refractivity contribution >= 4 is 0 Å². The van der Waals surface area contributed by atoms with Crippen LogP contribution in [-0.4, -0.2) is 27.6 Å². The topological polar surface area (TPSA) is 42.7 Å². The predicted octanol–water partition coefficient (Wildman–Crippen LogP) is 2.86. The minimum Gasteiger partial charge on any atom is -0.314 e. The van der Waals surface area contributed by atoms with Crippen LogP contribution in [0.3, 0.4) is 0 Å². The molecule has 0 saturated heterocycles. The summed E-state index contributed by atoms with van der Waals surface area (Å²) >= 11 is 0. The Morgan fingerprint density at radius 1 is 1.21 bits per heavy atom. The number of nitrogens with one attached hydrogen (secondary N) is 1. The van der Waals surface area contributed by atoms with Crippen LogP contribution in [-0.2, 0) is 6.54 Å². The van der Waals surface area contributed by atoms with Gasteiger partial charge in [0.15, 0.2) is 0 Å². The molecular formula is C15H28N4. The second-order valence-electron chi connectivity index (χ2n) is 6.89.